The van der Waals surface area contributed by atoms with Crippen molar-refractivity contribution in [2.24, 2.45) is 0 Å². The lowest BCUT2D eigenvalue weighted by atomic mass is 10.2. The van der Waals surface area contributed by atoms with E-state index in [1.54, 1.807) is 30.5 Å². The minimum Gasteiger partial charge on any atom is -0.478 e. The van der Waals surface area contributed by atoms with Crippen molar-refractivity contribution in [3.8, 4) is 0 Å². The van der Waals surface area contributed by atoms with E-state index in [-0.39, 0.29) is 11.1 Å². The Hall–Kier alpha value is -3.15. The van der Waals surface area contributed by atoms with Gasteiger partial charge in [0.2, 0.25) is 0 Å². The van der Waals surface area contributed by atoms with Gasteiger partial charge in [-0.05, 0) is 36.4 Å². The zero-order valence-electron chi connectivity index (χ0n) is 10.8. The van der Waals surface area contributed by atoms with Gasteiger partial charge in [-0.3, -0.25) is 9.20 Å². The van der Waals surface area contributed by atoms with Gasteiger partial charge in [-0.15, -0.1) is 0 Å². The summed E-state index contributed by atoms with van der Waals surface area (Å²) in [7, 11) is 0. The van der Waals surface area contributed by atoms with E-state index in [0.717, 1.165) is 0 Å². The number of rotatable bonds is 3. The minimum absolute atomic E-state index is 0.0327. The van der Waals surface area contributed by atoms with Gasteiger partial charge < -0.3 is 9.52 Å². The number of pyridine rings is 1. The smallest absolute Gasteiger partial charge is 0.337 e. The summed E-state index contributed by atoms with van der Waals surface area (Å²) in [6.07, 6.45) is 6.16. The number of hydrogen-bond acceptors (Lipinski definition) is 4. The number of fused-ring (bicyclic) bond motifs is 1. The van der Waals surface area contributed by atoms with Gasteiger partial charge in [0.1, 0.15) is 11.4 Å². The Bertz CT molecular complexity index is 892. The zero-order valence-corrected chi connectivity index (χ0v) is 10.8. The van der Waals surface area contributed by atoms with E-state index in [1.807, 2.05) is 0 Å². The molecule has 0 atom stereocenters. The summed E-state index contributed by atoms with van der Waals surface area (Å²) in [5, 5.41) is 8.92. The molecule has 0 saturated heterocycles. The number of carboxylic acid groups (broad SMARTS) is 1. The molecule has 0 aromatic carbocycles. The highest BCUT2D eigenvalue weighted by molar-refractivity contribution is 5.87. The van der Waals surface area contributed by atoms with Crippen LogP contribution in [0.1, 0.15) is 21.8 Å². The van der Waals surface area contributed by atoms with Crippen LogP contribution in [0.5, 0.6) is 0 Å². The van der Waals surface area contributed by atoms with Crippen LogP contribution in [0.3, 0.4) is 0 Å². The Morgan fingerprint density at radius 3 is 2.86 bits per heavy atom. The topological polar surface area (TPSA) is 84.8 Å². The molecular formula is C15H10N2O4. The predicted octanol–water partition coefficient (Wildman–Crippen LogP) is 2.16. The molecule has 3 aromatic rings. The van der Waals surface area contributed by atoms with Crippen molar-refractivity contribution < 1.29 is 14.3 Å². The fraction of sp³-hybridized carbons (Fsp3) is 0. The molecule has 1 N–H and O–H groups in total. The lowest BCUT2D eigenvalue weighted by Gasteiger charge is -2.02. The van der Waals surface area contributed by atoms with Crippen LogP contribution in [0.15, 0.2) is 52.0 Å². The van der Waals surface area contributed by atoms with Gasteiger partial charge in [0.05, 0.1) is 17.5 Å². The molecule has 0 bridgehead atoms. The standard InChI is InChI=1S/C15H10N2O4/c18-14-8-11(4-5-12-2-1-7-21-12)16-13-6-3-10(15(19)20)9-17(13)14/h1-9H,(H,19,20)/b5-4+. The quantitative estimate of drug-likeness (QED) is 0.795. The summed E-state index contributed by atoms with van der Waals surface area (Å²) in [5.74, 6) is -0.441. The Morgan fingerprint density at radius 1 is 1.29 bits per heavy atom. The number of carbonyl (C=O) groups is 1. The summed E-state index contributed by atoms with van der Waals surface area (Å²) in [4.78, 5) is 27.2. The third-order valence-electron chi connectivity index (χ3n) is 2.89. The van der Waals surface area contributed by atoms with E-state index in [0.29, 0.717) is 17.1 Å². The van der Waals surface area contributed by atoms with Crippen molar-refractivity contribution in [1.29, 1.82) is 0 Å². The maximum absolute atomic E-state index is 12.0. The van der Waals surface area contributed by atoms with Crippen molar-refractivity contribution in [1.82, 2.24) is 9.38 Å². The molecule has 0 fully saturated rings. The molecule has 0 saturated carbocycles. The molecule has 0 spiro atoms. The number of carboxylic acids is 1. The van der Waals surface area contributed by atoms with Gasteiger partial charge in [-0.1, -0.05) is 0 Å². The number of nitrogens with zero attached hydrogens (tertiary/aromatic N) is 2. The van der Waals surface area contributed by atoms with Crippen molar-refractivity contribution in [2.45, 2.75) is 0 Å². The van der Waals surface area contributed by atoms with Crippen molar-refractivity contribution in [3.63, 3.8) is 0 Å². The molecule has 0 aliphatic rings. The second-order valence-corrected chi connectivity index (χ2v) is 4.32. The van der Waals surface area contributed by atoms with Gasteiger partial charge in [-0.2, -0.15) is 0 Å². The van der Waals surface area contributed by atoms with Gasteiger partial charge in [0, 0.05) is 12.3 Å². The highest BCUT2D eigenvalue weighted by Crippen LogP contribution is 2.08. The van der Waals surface area contributed by atoms with Crippen molar-refractivity contribution >= 4 is 23.8 Å². The third-order valence-corrected chi connectivity index (χ3v) is 2.89. The van der Waals surface area contributed by atoms with Crippen LogP contribution in [-0.4, -0.2) is 20.5 Å². The summed E-state index contributed by atoms with van der Waals surface area (Å²) >= 11 is 0. The van der Waals surface area contributed by atoms with E-state index in [9.17, 15) is 9.59 Å². The summed E-state index contributed by atoms with van der Waals surface area (Å²) in [5.41, 5.74) is 0.540. The van der Waals surface area contributed by atoms with Crippen LogP contribution in [-0.2, 0) is 0 Å². The Kier molecular flexibility index (Phi) is 3.12. The minimum atomic E-state index is -1.09. The molecule has 6 nitrogen and oxygen atoms in total. The average molecular weight is 282 g/mol. The number of hydrogen-bond donors (Lipinski definition) is 1. The van der Waals surface area contributed by atoms with Crippen LogP contribution in [0.25, 0.3) is 17.8 Å². The summed E-state index contributed by atoms with van der Waals surface area (Å²) < 4.78 is 6.35. The maximum Gasteiger partial charge on any atom is 0.337 e. The highest BCUT2D eigenvalue weighted by Gasteiger charge is 2.06. The number of furan rings is 1. The van der Waals surface area contributed by atoms with E-state index < -0.39 is 5.97 Å². The monoisotopic (exact) mass is 282 g/mol. The predicted molar refractivity (Wildman–Crippen MR) is 76.1 cm³/mol. The molecule has 3 heterocycles. The Morgan fingerprint density at radius 2 is 2.14 bits per heavy atom. The van der Waals surface area contributed by atoms with Gasteiger partial charge in [0.25, 0.3) is 5.56 Å². The molecule has 0 amide bonds. The van der Waals surface area contributed by atoms with Gasteiger partial charge in [-0.25, -0.2) is 9.78 Å². The number of aromatic nitrogens is 2. The highest BCUT2D eigenvalue weighted by atomic mass is 16.4. The Labute approximate surface area is 118 Å². The van der Waals surface area contributed by atoms with Crippen LogP contribution >= 0.6 is 0 Å². The lowest BCUT2D eigenvalue weighted by Crippen LogP contribution is -2.15. The first-order chi connectivity index (χ1) is 10.1. The first-order valence-electron chi connectivity index (χ1n) is 6.12. The molecule has 104 valence electrons. The molecule has 21 heavy (non-hydrogen) atoms. The van der Waals surface area contributed by atoms with E-state index in [2.05, 4.69) is 4.98 Å². The van der Waals surface area contributed by atoms with E-state index >= 15 is 0 Å². The fourth-order valence-electron chi connectivity index (χ4n) is 1.89. The lowest BCUT2D eigenvalue weighted by molar-refractivity contribution is 0.0696. The van der Waals surface area contributed by atoms with Gasteiger partial charge in [0.15, 0.2) is 0 Å². The Balaban J connectivity index is 2.05. The molecule has 0 unspecified atom stereocenters. The molecule has 3 aromatic heterocycles. The van der Waals surface area contributed by atoms with E-state index in [1.165, 1.54) is 28.8 Å². The molecule has 6 heteroatoms. The zero-order chi connectivity index (χ0) is 14.8. The second kappa shape index (κ2) is 5.09. The second-order valence-electron chi connectivity index (χ2n) is 4.32. The first-order valence-corrected chi connectivity index (χ1v) is 6.12. The van der Waals surface area contributed by atoms with Crippen LogP contribution < -0.4 is 5.56 Å². The van der Waals surface area contributed by atoms with Crippen molar-refractivity contribution in [2.75, 3.05) is 0 Å². The first kappa shape index (κ1) is 12.9. The molecule has 3 rings (SSSR count). The summed E-state index contributed by atoms with van der Waals surface area (Å²) in [6.45, 7) is 0. The summed E-state index contributed by atoms with van der Waals surface area (Å²) in [6, 6.07) is 7.77. The third kappa shape index (κ3) is 2.59. The molecule has 0 aliphatic heterocycles. The molecular weight excluding hydrogens is 272 g/mol. The number of aromatic carboxylic acids is 1. The SMILES string of the molecule is O=C(O)c1ccc2nc(/C=C/c3ccco3)cc(=O)n2c1. The van der Waals surface area contributed by atoms with Crippen LogP contribution in [0, 0.1) is 0 Å². The van der Waals surface area contributed by atoms with Gasteiger partial charge >= 0.3 is 5.97 Å². The van der Waals surface area contributed by atoms with Crippen molar-refractivity contribution in [3.05, 3.63) is 70.2 Å². The van der Waals surface area contributed by atoms with Crippen LogP contribution in [0.2, 0.25) is 0 Å². The largest absolute Gasteiger partial charge is 0.478 e. The normalized spacial score (nSPS) is 11.2. The fourth-order valence-corrected chi connectivity index (χ4v) is 1.89. The molecule has 0 aliphatic carbocycles. The van der Waals surface area contributed by atoms with Crippen LogP contribution in [0.4, 0.5) is 0 Å². The molecule has 0 radical (unpaired) electrons. The maximum atomic E-state index is 12.0. The van der Waals surface area contributed by atoms with E-state index in [4.69, 9.17) is 9.52 Å². The average Bonchev–Trinajstić information content (AvgIpc) is 2.98.